The van der Waals surface area contributed by atoms with Gasteiger partial charge in [-0.3, -0.25) is 4.79 Å². The monoisotopic (exact) mass is 479 g/mol. The van der Waals surface area contributed by atoms with Crippen LogP contribution in [0.15, 0.2) is 94.9 Å². The number of esters is 1. The van der Waals surface area contributed by atoms with Gasteiger partial charge < -0.3 is 10.1 Å². The SMILES string of the molecule is N#Cc1ccccc1Sc1ccccc1C(=O)OCC(=O)Nc1c(C#N)cnn1-c1ccccc1. The van der Waals surface area contributed by atoms with E-state index in [1.807, 2.05) is 18.2 Å². The number of hydrogen-bond donors (Lipinski definition) is 1. The van der Waals surface area contributed by atoms with Crippen molar-refractivity contribution in [3.05, 3.63) is 102 Å². The Hall–Kier alpha value is -4.86. The number of amides is 1. The average molecular weight is 480 g/mol. The first-order valence-electron chi connectivity index (χ1n) is 10.4. The number of ether oxygens (including phenoxy) is 1. The predicted octanol–water partition coefficient (Wildman–Crippen LogP) is 4.56. The second-order valence-corrected chi connectivity index (χ2v) is 8.18. The molecule has 0 spiro atoms. The van der Waals surface area contributed by atoms with Crippen molar-refractivity contribution >= 4 is 29.5 Å². The number of anilines is 1. The van der Waals surface area contributed by atoms with Gasteiger partial charge in [-0.05, 0) is 36.4 Å². The maximum atomic E-state index is 12.8. The summed E-state index contributed by atoms with van der Waals surface area (Å²) in [5, 5.41) is 25.5. The molecule has 3 aromatic carbocycles. The fourth-order valence-corrected chi connectivity index (χ4v) is 4.20. The minimum absolute atomic E-state index is 0.173. The molecule has 0 bridgehead atoms. The zero-order valence-electron chi connectivity index (χ0n) is 18.2. The number of para-hydroxylation sites is 1. The number of hydrogen-bond acceptors (Lipinski definition) is 7. The van der Waals surface area contributed by atoms with Crippen LogP contribution in [0.1, 0.15) is 21.5 Å². The minimum Gasteiger partial charge on any atom is -0.452 e. The Balaban J connectivity index is 1.46. The number of nitrogens with one attached hydrogen (secondary N) is 1. The third kappa shape index (κ3) is 5.38. The smallest absolute Gasteiger partial charge is 0.339 e. The highest BCUT2D eigenvalue weighted by Crippen LogP contribution is 2.33. The molecule has 0 saturated carbocycles. The quantitative estimate of drug-likeness (QED) is 0.386. The highest BCUT2D eigenvalue weighted by Gasteiger charge is 2.19. The average Bonchev–Trinajstić information content (AvgIpc) is 3.30. The van der Waals surface area contributed by atoms with Crippen molar-refractivity contribution in [2.75, 3.05) is 11.9 Å². The highest BCUT2D eigenvalue weighted by molar-refractivity contribution is 7.99. The summed E-state index contributed by atoms with van der Waals surface area (Å²) >= 11 is 1.26. The van der Waals surface area contributed by atoms with Gasteiger partial charge in [0.05, 0.1) is 23.0 Å². The van der Waals surface area contributed by atoms with Gasteiger partial charge in [0.25, 0.3) is 5.91 Å². The molecule has 1 amide bonds. The van der Waals surface area contributed by atoms with E-state index in [1.165, 1.54) is 22.6 Å². The second-order valence-electron chi connectivity index (χ2n) is 7.10. The van der Waals surface area contributed by atoms with Gasteiger partial charge in [-0.1, -0.05) is 54.2 Å². The molecule has 0 aliphatic heterocycles. The lowest BCUT2D eigenvalue weighted by Gasteiger charge is -2.11. The van der Waals surface area contributed by atoms with Crippen molar-refractivity contribution in [3.8, 4) is 17.8 Å². The summed E-state index contributed by atoms with van der Waals surface area (Å²) in [4.78, 5) is 26.6. The largest absolute Gasteiger partial charge is 0.452 e. The lowest BCUT2D eigenvalue weighted by Crippen LogP contribution is -2.23. The highest BCUT2D eigenvalue weighted by atomic mass is 32.2. The summed E-state index contributed by atoms with van der Waals surface area (Å²) in [5.41, 5.74) is 1.59. The molecule has 8 nitrogen and oxygen atoms in total. The van der Waals surface area contributed by atoms with Crippen LogP contribution in [0.5, 0.6) is 0 Å². The molecule has 1 heterocycles. The van der Waals surface area contributed by atoms with Crippen LogP contribution in [0.3, 0.4) is 0 Å². The molecule has 0 unspecified atom stereocenters. The van der Waals surface area contributed by atoms with Gasteiger partial charge in [0.2, 0.25) is 0 Å². The van der Waals surface area contributed by atoms with Crippen LogP contribution in [0, 0.1) is 22.7 Å². The van der Waals surface area contributed by atoms with Crippen LogP contribution in [0.4, 0.5) is 5.82 Å². The number of rotatable bonds is 7. The maximum Gasteiger partial charge on any atom is 0.339 e. The summed E-state index contributed by atoms with van der Waals surface area (Å²) in [6.45, 7) is -0.558. The van der Waals surface area contributed by atoms with Gasteiger partial charge >= 0.3 is 5.97 Å². The molecule has 1 aromatic heterocycles. The Morgan fingerprint density at radius 3 is 2.29 bits per heavy atom. The Kier molecular flexibility index (Phi) is 7.22. The number of aromatic nitrogens is 2. The van der Waals surface area contributed by atoms with Crippen molar-refractivity contribution in [2.45, 2.75) is 9.79 Å². The number of benzene rings is 3. The van der Waals surface area contributed by atoms with Crippen molar-refractivity contribution < 1.29 is 14.3 Å². The van der Waals surface area contributed by atoms with Gasteiger partial charge in [0, 0.05) is 9.79 Å². The van der Waals surface area contributed by atoms with Crippen molar-refractivity contribution in [2.24, 2.45) is 0 Å². The van der Waals surface area contributed by atoms with Gasteiger partial charge in [-0.15, -0.1) is 0 Å². The van der Waals surface area contributed by atoms with Crippen LogP contribution < -0.4 is 5.32 Å². The molecule has 9 heteroatoms. The van der Waals surface area contributed by atoms with E-state index in [2.05, 4.69) is 16.5 Å². The molecule has 4 aromatic rings. The zero-order valence-corrected chi connectivity index (χ0v) is 19.0. The molecule has 35 heavy (non-hydrogen) atoms. The van der Waals surface area contributed by atoms with Crippen LogP contribution in [-0.2, 0) is 9.53 Å². The number of nitriles is 2. The standard InChI is InChI=1S/C26H17N5O3S/c27-14-18-8-4-6-12-22(18)35-23-13-7-5-11-21(23)26(33)34-17-24(32)30-25-19(15-28)16-29-31(25)20-9-2-1-3-10-20/h1-13,16H,17H2,(H,30,32). The summed E-state index contributed by atoms with van der Waals surface area (Å²) in [6.07, 6.45) is 1.35. The Labute approximate surface area is 205 Å². The lowest BCUT2D eigenvalue weighted by molar-refractivity contribution is -0.119. The van der Waals surface area contributed by atoms with Crippen molar-refractivity contribution in [1.29, 1.82) is 10.5 Å². The van der Waals surface area contributed by atoms with E-state index in [9.17, 15) is 20.1 Å². The molecule has 0 atom stereocenters. The van der Waals surface area contributed by atoms with Gasteiger partial charge in [0.1, 0.15) is 17.7 Å². The van der Waals surface area contributed by atoms with E-state index in [1.54, 1.807) is 66.7 Å². The first-order chi connectivity index (χ1) is 17.1. The van der Waals surface area contributed by atoms with E-state index >= 15 is 0 Å². The first kappa shape index (κ1) is 23.3. The Morgan fingerprint density at radius 2 is 1.54 bits per heavy atom. The first-order valence-corrected chi connectivity index (χ1v) is 11.2. The second kappa shape index (κ2) is 10.8. The third-order valence-corrected chi connectivity index (χ3v) is 5.97. The maximum absolute atomic E-state index is 12.8. The van der Waals surface area contributed by atoms with Crippen LogP contribution in [0.25, 0.3) is 5.69 Å². The van der Waals surface area contributed by atoms with Gasteiger partial charge in [0.15, 0.2) is 12.4 Å². The fourth-order valence-electron chi connectivity index (χ4n) is 3.18. The van der Waals surface area contributed by atoms with E-state index in [-0.39, 0.29) is 16.9 Å². The van der Waals surface area contributed by atoms with Crippen LogP contribution in [0.2, 0.25) is 0 Å². The lowest BCUT2D eigenvalue weighted by atomic mass is 10.2. The third-order valence-electron chi connectivity index (χ3n) is 4.82. The number of carbonyl (C=O) groups is 2. The normalized spacial score (nSPS) is 10.1. The molecular weight excluding hydrogens is 462 g/mol. The van der Waals surface area contributed by atoms with E-state index in [4.69, 9.17) is 4.74 Å². The molecule has 4 rings (SSSR count). The fraction of sp³-hybridized carbons (Fsp3) is 0.0385. The molecule has 170 valence electrons. The predicted molar refractivity (Wildman–Crippen MR) is 129 cm³/mol. The van der Waals surface area contributed by atoms with Crippen molar-refractivity contribution in [3.63, 3.8) is 0 Å². The Bertz CT molecular complexity index is 1470. The van der Waals surface area contributed by atoms with Crippen LogP contribution in [-0.4, -0.2) is 28.3 Å². The summed E-state index contributed by atoms with van der Waals surface area (Å²) in [5.74, 6) is -1.12. The summed E-state index contributed by atoms with van der Waals surface area (Å²) in [7, 11) is 0. The molecular formula is C26H17N5O3S. The minimum atomic E-state index is -0.685. The molecule has 0 fully saturated rings. The van der Waals surface area contributed by atoms with E-state index < -0.39 is 18.5 Å². The summed E-state index contributed by atoms with van der Waals surface area (Å²) < 4.78 is 6.68. The molecule has 0 aliphatic rings. The van der Waals surface area contributed by atoms with Gasteiger partial charge in [-0.25, -0.2) is 9.48 Å². The van der Waals surface area contributed by atoms with E-state index in [0.717, 1.165) is 0 Å². The number of carbonyl (C=O) groups excluding carboxylic acids is 2. The summed E-state index contributed by atoms with van der Waals surface area (Å²) in [6, 6.07) is 27.0. The van der Waals surface area contributed by atoms with Gasteiger partial charge in [-0.2, -0.15) is 15.6 Å². The van der Waals surface area contributed by atoms with E-state index in [0.29, 0.717) is 21.0 Å². The molecule has 1 N–H and O–H groups in total. The topological polar surface area (TPSA) is 121 Å². The van der Waals surface area contributed by atoms with Crippen LogP contribution >= 0.6 is 11.8 Å². The Morgan fingerprint density at radius 1 is 0.886 bits per heavy atom. The molecule has 0 saturated heterocycles. The zero-order chi connectivity index (χ0) is 24.6. The van der Waals surface area contributed by atoms with Crippen molar-refractivity contribution in [1.82, 2.24) is 9.78 Å². The molecule has 0 radical (unpaired) electrons. The number of nitrogens with zero attached hydrogens (tertiary/aromatic N) is 4. The molecule has 0 aliphatic carbocycles.